The first-order chi connectivity index (χ1) is 10.5. The van der Waals surface area contributed by atoms with Gasteiger partial charge in [-0.1, -0.05) is 57.6 Å². The van der Waals surface area contributed by atoms with Crippen LogP contribution in [0.25, 0.3) is 0 Å². The molecular weight excluding hydrogens is 280 g/mol. The van der Waals surface area contributed by atoms with Crippen molar-refractivity contribution >= 4 is 5.97 Å². The van der Waals surface area contributed by atoms with Crippen LogP contribution in [0.5, 0.6) is 0 Å². The minimum Gasteiger partial charge on any atom is -0.332 e. The van der Waals surface area contributed by atoms with Crippen molar-refractivity contribution in [2.45, 2.75) is 64.7 Å². The van der Waals surface area contributed by atoms with Gasteiger partial charge in [0, 0.05) is 13.2 Å². The van der Waals surface area contributed by atoms with Crippen molar-refractivity contribution in [2.75, 3.05) is 0 Å². The minimum absolute atomic E-state index is 0.164. The summed E-state index contributed by atoms with van der Waals surface area (Å²) in [5, 5.41) is 0. The topological polar surface area (TPSA) is 53.2 Å². The van der Waals surface area contributed by atoms with E-state index in [1.807, 2.05) is 0 Å². The second-order valence-electron chi connectivity index (χ2n) is 5.78. The molecule has 0 aliphatic carbocycles. The number of imidazole rings is 1. The Balaban J connectivity index is 2.15. The van der Waals surface area contributed by atoms with Crippen LogP contribution in [0.2, 0.25) is 0 Å². The van der Waals surface area contributed by atoms with Gasteiger partial charge in [0.15, 0.2) is 0 Å². The standard InChI is InChI=1S/C17H28N2O3/c1-4-5-6-7-8-9-10-11-15(2)14-16(20)22-19-13-12-18(3)17(19)21/h12-13H,2,4-11,14H2,1,3H3. The molecule has 0 N–H and O–H groups in total. The third kappa shape index (κ3) is 6.78. The van der Waals surface area contributed by atoms with Crippen LogP contribution in [-0.4, -0.2) is 15.3 Å². The lowest BCUT2D eigenvalue weighted by molar-refractivity contribution is -0.143. The predicted octanol–water partition coefficient (Wildman–Crippen LogP) is 3.23. The molecule has 0 bridgehead atoms. The molecular formula is C17H28N2O3. The molecule has 0 radical (unpaired) electrons. The van der Waals surface area contributed by atoms with Crippen LogP contribution in [-0.2, 0) is 11.8 Å². The predicted molar refractivity (Wildman–Crippen MR) is 87.6 cm³/mol. The van der Waals surface area contributed by atoms with Gasteiger partial charge < -0.3 is 4.84 Å². The maximum Gasteiger partial charge on any atom is 0.361 e. The Hall–Kier alpha value is -1.78. The zero-order chi connectivity index (χ0) is 16.4. The molecule has 0 fully saturated rings. The normalized spacial score (nSPS) is 10.6. The van der Waals surface area contributed by atoms with E-state index in [2.05, 4.69) is 13.5 Å². The van der Waals surface area contributed by atoms with Crippen LogP contribution in [0.4, 0.5) is 0 Å². The Morgan fingerprint density at radius 1 is 1.14 bits per heavy atom. The smallest absolute Gasteiger partial charge is 0.332 e. The van der Waals surface area contributed by atoms with Gasteiger partial charge in [-0.05, 0) is 12.8 Å². The fourth-order valence-corrected chi connectivity index (χ4v) is 2.28. The Labute approximate surface area is 132 Å². The summed E-state index contributed by atoms with van der Waals surface area (Å²) in [7, 11) is 1.60. The third-order valence-electron chi connectivity index (χ3n) is 3.64. The van der Waals surface area contributed by atoms with Crippen LogP contribution in [0, 0.1) is 0 Å². The SMILES string of the molecule is C=C(CCCCCCCCC)CC(=O)On1ccn(C)c1=O. The fraction of sp³-hybridized carbons (Fsp3) is 0.647. The highest BCUT2D eigenvalue weighted by Crippen LogP contribution is 2.13. The number of carbonyl (C=O) groups is 1. The number of nitrogens with zero attached hydrogens (tertiary/aromatic N) is 2. The molecule has 5 heteroatoms. The van der Waals surface area contributed by atoms with Gasteiger partial charge in [-0.3, -0.25) is 4.57 Å². The van der Waals surface area contributed by atoms with E-state index in [1.54, 1.807) is 13.2 Å². The van der Waals surface area contributed by atoms with Crippen molar-refractivity contribution in [1.82, 2.24) is 9.30 Å². The second kappa shape index (κ2) is 10.0. The van der Waals surface area contributed by atoms with Crippen LogP contribution in [0.1, 0.15) is 64.7 Å². The van der Waals surface area contributed by atoms with Gasteiger partial charge in [0.25, 0.3) is 0 Å². The van der Waals surface area contributed by atoms with Gasteiger partial charge in [0.05, 0.1) is 12.6 Å². The van der Waals surface area contributed by atoms with Crippen LogP contribution >= 0.6 is 0 Å². The highest BCUT2D eigenvalue weighted by atomic mass is 16.7. The maximum absolute atomic E-state index is 11.7. The van der Waals surface area contributed by atoms with E-state index in [-0.39, 0.29) is 12.1 Å². The van der Waals surface area contributed by atoms with Crippen LogP contribution in [0.15, 0.2) is 29.3 Å². The van der Waals surface area contributed by atoms with Gasteiger partial charge >= 0.3 is 11.7 Å². The minimum atomic E-state index is -0.443. The molecule has 5 nitrogen and oxygen atoms in total. The monoisotopic (exact) mass is 308 g/mol. The lowest BCUT2D eigenvalue weighted by Gasteiger charge is -2.06. The Morgan fingerprint density at radius 2 is 1.77 bits per heavy atom. The summed E-state index contributed by atoms with van der Waals surface area (Å²) < 4.78 is 2.30. The van der Waals surface area contributed by atoms with E-state index in [9.17, 15) is 9.59 Å². The fourth-order valence-electron chi connectivity index (χ4n) is 2.28. The van der Waals surface area contributed by atoms with Crippen molar-refractivity contribution in [3.63, 3.8) is 0 Å². The molecule has 1 aromatic heterocycles. The molecule has 0 saturated heterocycles. The average molecular weight is 308 g/mol. The molecule has 0 aromatic carbocycles. The molecule has 1 heterocycles. The van der Waals surface area contributed by atoms with Gasteiger partial charge in [0.1, 0.15) is 0 Å². The lowest BCUT2D eigenvalue weighted by Crippen LogP contribution is -2.31. The molecule has 0 unspecified atom stereocenters. The zero-order valence-corrected chi connectivity index (χ0v) is 13.8. The van der Waals surface area contributed by atoms with Crippen molar-refractivity contribution in [3.05, 3.63) is 35.0 Å². The summed E-state index contributed by atoms with van der Waals surface area (Å²) in [6.45, 7) is 6.13. The summed E-state index contributed by atoms with van der Waals surface area (Å²) in [6, 6.07) is 0. The van der Waals surface area contributed by atoms with Crippen molar-refractivity contribution in [1.29, 1.82) is 0 Å². The van der Waals surface area contributed by atoms with Gasteiger partial charge in [0.2, 0.25) is 0 Å². The summed E-state index contributed by atoms with van der Waals surface area (Å²) >= 11 is 0. The largest absolute Gasteiger partial charge is 0.361 e. The third-order valence-corrected chi connectivity index (χ3v) is 3.64. The zero-order valence-electron chi connectivity index (χ0n) is 13.8. The molecule has 0 aliphatic rings. The summed E-state index contributed by atoms with van der Waals surface area (Å²) in [5.74, 6) is -0.443. The molecule has 0 atom stereocenters. The highest BCUT2D eigenvalue weighted by Gasteiger charge is 2.09. The number of unbranched alkanes of at least 4 members (excludes halogenated alkanes) is 6. The number of hydrogen-bond acceptors (Lipinski definition) is 3. The van der Waals surface area contributed by atoms with E-state index >= 15 is 0 Å². The number of carbonyl (C=O) groups excluding carboxylic acids is 1. The van der Waals surface area contributed by atoms with Gasteiger partial charge in [-0.15, -0.1) is 4.73 Å². The summed E-state index contributed by atoms with van der Waals surface area (Å²) in [5.41, 5.74) is 0.494. The van der Waals surface area contributed by atoms with Gasteiger partial charge in [-0.2, -0.15) is 0 Å². The van der Waals surface area contributed by atoms with E-state index in [0.717, 1.165) is 23.1 Å². The maximum atomic E-state index is 11.7. The lowest BCUT2D eigenvalue weighted by atomic mass is 10.0. The molecule has 124 valence electrons. The quantitative estimate of drug-likeness (QED) is 0.466. The average Bonchev–Trinajstić information content (AvgIpc) is 2.78. The number of aromatic nitrogens is 2. The van der Waals surface area contributed by atoms with E-state index in [1.165, 1.54) is 49.3 Å². The van der Waals surface area contributed by atoms with E-state index < -0.39 is 5.97 Å². The summed E-state index contributed by atoms with van der Waals surface area (Å²) in [4.78, 5) is 28.3. The molecule has 0 spiro atoms. The van der Waals surface area contributed by atoms with Crippen LogP contribution in [0.3, 0.4) is 0 Å². The number of hydrogen-bond donors (Lipinski definition) is 0. The molecule has 0 saturated carbocycles. The second-order valence-corrected chi connectivity index (χ2v) is 5.78. The Morgan fingerprint density at radius 3 is 2.36 bits per heavy atom. The van der Waals surface area contributed by atoms with Crippen LogP contribution < -0.4 is 10.5 Å². The first-order valence-corrected chi connectivity index (χ1v) is 8.16. The molecule has 0 amide bonds. The first-order valence-electron chi connectivity index (χ1n) is 8.16. The van der Waals surface area contributed by atoms with Crippen molar-refractivity contribution < 1.29 is 9.63 Å². The first kappa shape index (κ1) is 18.3. The van der Waals surface area contributed by atoms with Crippen molar-refractivity contribution in [2.24, 2.45) is 7.05 Å². The van der Waals surface area contributed by atoms with Gasteiger partial charge in [-0.25, -0.2) is 9.59 Å². The number of rotatable bonds is 11. The number of aryl methyl sites for hydroxylation is 1. The van der Waals surface area contributed by atoms with Crippen molar-refractivity contribution in [3.8, 4) is 0 Å². The molecule has 0 aliphatic heterocycles. The Kier molecular flexibility index (Phi) is 8.33. The Bertz CT molecular complexity index is 528. The van der Waals surface area contributed by atoms with E-state index in [4.69, 9.17) is 4.84 Å². The summed E-state index contributed by atoms with van der Waals surface area (Å²) in [6.07, 6.45) is 12.7. The molecule has 22 heavy (non-hydrogen) atoms. The highest BCUT2D eigenvalue weighted by molar-refractivity contribution is 5.72. The molecule has 1 aromatic rings. The molecule has 1 rings (SSSR count). The van der Waals surface area contributed by atoms with E-state index in [0.29, 0.717) is 0 Å².